The summed E-state index contributed by atoms with van der Waals surface area (Å²) in [5.41, 5.74) is 0.893. The summed E-state index contributed by atoms with van der Waals surface area (Å²) in [5.74, 6) is 1.29. The molecule has 1 aromatic carbocycles. The summed E-state index contributed by atoms with van der Waals surface area (Å²) >= 11 is 0. The molecule has 1 aliphatic rings. The molecule has 1 aliphatic heterocycles. The molecule has 0 bridgehead atoms. The first kappa shape index (κ1) is 21.0. The zero-order valence-corrected chi connectivity index (χ0v) is 16.9. The molecule has 0 radical (unpaired) electrons. The highest BCUT2D eigenvalue weighted by molar-refractivity contribution is 5.92. The van der Waals surface area contributed by atoms with E-state index in [4.69, 9.17) is 4.74 Å². The molecule has 27 heavy (non-hydrogen) atoms. The summed E-state index contributed by atoms with van der Waals surface area (Å²) in [5, 5.41) is 3.09. The average Bonchev–Trinajstić information content (AvgIpc) is 2.67. The highest BCUT2D eigenvalue weighted by Crippen LogP contribution is 2.21. The first-order valence-electron chi connectivity index (χ1n) is 9.91. The molecule has 1 saturated heterocycles. The summed E-state index contributed by atoms with van der Waals surface area (Å²) in [6, 6.07) is 7.84. The number of nitrogens with zero attached hydrogens (tertiary/aromatic N) is 1. The minimum absolute atomic E-state index is 0.00194. The highest BCUT2D eigenvalue weighted by atomic mass is 16.5. The second kappa shape index (κ2) is 10.1. The number of piperidine rings is 1. The van der Waals surface area contributed by atoms with Crippen LogP contribution in [0.15, 0.2) is 30.3 Å². The molecular weight excluding hydrogens is 340 g/mol. The van der Waals surface area contributed by atoms with Crippen molar-refractivity contribution in [2.45, 2.75) is 46.6 Å². The van der Waals surface area contributed by atoms with Gasteiger partial charge in [0, 0.05) is 36.7 Å². The standard InChI is InChI=1S/C22H32N2O3/c1-5-27-20-9-7-6-8-18(20)10-11-21(25)24-14-12-19(13-15-24)22(26)23-17(4)16(2)3/h6-11,16-17,19H,5,12-15H2,1-4H3,(H,23,26)/b11-10+. The van der Waals surface area contributed by atoms with Crippen molar-refractivity contribution >= 4 is 17.9 Å². The molecule has 0 aromatic heterocycles. The molecule has 5 heteroatoms. The monoisotopic (exact) mass is 372 g/mol. The Morgan fingerprint density at radius 3 is 2.52 bits per heavy atom. The topological polar surface area (TPSA) is 58.6 Å². The van der Waals surface area contributed by atoms with Gasteiger partial charge in [-0.05, 0) is 44.7 Å². The van der Waals surface area contributed by atoms with E-state index in [2.05, 4.69) is 19.2 Å². The Kier molecular flexibility index (Phi) is 7.89. The van der Waals surface area contributed by atoms with Gasteiger partial charge in [0.25, 0.3) is 0 Å². The number of rotatable bonds is 7. The van der Waals surface area contributed by atoms with Crippen LogP contribution in [0.4, 0.5) is 0 Å². The molecular formula is C22H32N2O3. The molecule has 0 saturated carbocycles. The number of carbonyl (C=O) groups excluding carboxylic acids is 2. The van der Waals surface area contributed by atoms with Crippen LogP contribution in [0, 0.1) is 11.8 Å². The zero-order valence-electron chi connectivity index (χ0n) is 16.9. The number of hydrogen-bond donors (Lipinski definition) is 1. The minimum atomic E-state index is -0.0179. The summed E-state index contributed by atoms with van der Waals surface area (Å²) in [6.07, 6.45) is 4.83. The largest absolute Gasteiger partial charge is 0.493 e. The van der Waals surface area contributed by atoms with Gasteiger partial charge in [-0.2, -0.15) is 0 Å². The fourth-order valence-electron chi connectivity index (χ4n) is 3.04. The lowest BCUT2D eigenvalue weighted by molar-refractivity contribution is -0.132. The molecule has 1 unspecified atom stereocenters. The summed E-state index contributed by atoms with van der Waals surface area (Å²) in [6.45, 7) is 9.99. The Hall–Kier alpha value is -2.30. The predicted molar refractivity (Wildman–Crippen MR) is 108 cm³/mol. The van der Waals surface area contributed by atoms with Crippen LogP contribution in [-0.4, -0.2) is 42.5 Å². The van der Waals surface area contributed by atoms with E-state index in [1.54, 1.807) is 12.2 Å². The summed E-state index contributed by atoms with van der Waals surface area (Å²) in [7, 11) is 0. The van der Waals surface area contributed by atoms with E-state index in [-0.39, 0.29) is 23.8 Å². The maximum Gasteiger partial charge on any atom is 0.246 e. The number of nitrogens with one attached hydrogen (secondary N) is 1. The first-order valence-corrected chi connectivity index (χ1v) is 9.91. The first-order chi connectivity index (χ1) is 12.9. The van der Waals surface area contributed by atoms with Crippen molar-refractivity contribution < 1.29 is 14.3 Å². The molecule has 1 heterocycles. The highest BCUT2D eigenvalue weighted by Gasteiger charge is 2.27. The normalized spacial score (nSPS) is 16.6. The number of likely N-dealkylation sites (tertiary alicyclic amines) is 1. The van der Waals surface area contributed by atoms with Gasteiger partial charge in [-0.1, -0.05) is 32.0 Å². The number of benzene rings is 1. The molecule has 1 fully saturated rings. The van der Waals surface area contributed by atoms with Gasteiger partial charge in [0.2, 0.25) is 11.8 Å². The van der Waals surface area contributed by atoms with Gasteiger partial charge in [0.15, 0.2) is 0 Å². The molecule has 2 amide bonds. The fraction of sp³-hybridized carbons (Fsp3) is 0.545. The van der Waals surface area contributed by atoms with Crippen LogP contribution in [0.5, 0.6) is 5.75 Å². The van der Waals surface area contributed by atoms with Crippen molar-refractivity contribution in [3.8, 4) is 5.75 Å². The third-order valence-electron chi connectivity index (χ3n) is 5.17. The van der Waals surface area contributed by atoms with Gasteiger partial charge in [0.05, 0.1) is 6.61 Å². The molecule has 1 atom stereocenters. The van der Waals surface area contributed by atoms with E-state index >= 15 is 0 Å². The van der Waals surface area contributed by atoms with Crippen LogP contribution in [0.3, 0.4) is 0 Å². The third-order valence-corrected chi connectivity index (χ3v) is 5.17. The van der Waals surface area contributed by atoms with Crippen LogP contribution < -0.4 is 10.1 Å². The molecule has 5 nitrogen and oxygen atoms in total. The van der Waals surface area contributed by atoms with E-state index in [1.807, 2.05) is 43.0 Å². The van der Waals surface area contributed by atoms with Gasteiger partial charge in [0.1, 0.15) is 5.75 Å². The van der Waals surface area contributed by atoms with Crippen molar-refractivity contribution in [3.05, 3.63) is 35.9 Å². The third kappa shape index (κ3) is 6.12. The summed E-state index contributed by atoms with van der Waals surface area (Å²) < 4.78 is 5.58. The van der Waals surface area contributed by atoms with Crippen LogP contribution in [0.25, 0.3) is 6.08 Å². The average molecular weight is 373 g/mol. The van der Waals surface area contributed by atoms with Gasteiger partial charge >= 0.3 is 0 Å². The SMILES string of the molecule is CCOc1ccccc1/C=C/C(=O)N1CCC(C(=O)NC(C)C(C)C)CC1. The second-order valence-electron chi connectivity index (χ2n) is 7.45. The molecule has 0 aliphatic carbocycles. The lowest BCUT2D eigenvalue weighted by Crippen LogP contribution is -2.45. The Bertz CT molecular complexity index is 661. The van der Waals surface area contributed by atoms with Crippen molar-refractivity contribution in [2.24, 2.45) is 11.8 Å². The van der Waals surface area contributed by atoms with Crippen molar-refractivity contribution in [2.75, 3.05) is 19.7 Å². The number of carbonyl (C=O) groups is 2. The Morgan fingerprint density at radius 1 is 1.22 bits per heavy atom. The predicted octanol–water partition coefficient (Wildman–Crippen LogP) is 3.50. The molecule has 2 rings (SSSR count). The van der Waals surface area contributed by atoms with Gasteiger partial charge in [-0.25, -0.2) is 0 Å². The van der Waals surface area contributed by atoms with Gasteiger partial charge < -0.3 is 15.0 Å². The minimum Gasteiger partial charge on any atom is -0.493 e. The van der Waals surface area contributed by atoms with Crippen molar-refractivity contribution in [1.29, 1.82) is 0 Å². The molecule has 148 valence electrons. The van der Waals surface area contributed by atoms with Crippen LogP contribution in [-0.2, 0) is 9.59 Å². The lowest BCUT2D eigenvalue weighted by atomic mass is 9.94. The smallest absolute Gasteiger partial charge is 0.246 e. The van der Waals surface area contributed by atoms with E-state index in [0.29, 0.717) is 38.5 Å². The Balaban J connectivity index is 1.87. The van der Waals surface area contributed by atoms with Crippen molar-refractivity contribution in [3.63, 3.8) is 0 Å². The van der Waals surface area contributed by atoms with E-state index in [9.17, 15) is 9.59 Å². The van der Waals surface area contributed by atoms with E-state index in [0.717, 1.165) is 11.3 Å². The van der Waals surface area contributed by atoms with Crippen molar-refractivity contribution in [1.82, 2.24) is 10.2 Å². The van der Waals surface area contributed by atoms with Crippen LogP contribution in [0.2, 0.25) is 0 Å². The van der Waals surface area contributed by atoms with Crippen LogP contribution in [0.1, 0.15) is 46.1 Å². The second-order valence-corrected chi connectivity index (χ2v) is 7.45. The number of amides is 2. The number of ether oxygens (including phenoxy) is 1. The summed E-state index contributed by atoms with van der Waals surface area (Å²) in [4.78, 5) is 26.7. The quantitative estimate of drug-likeness (QED) is 0.745. The fourth-order valence-corrected chi connectivity index (χ4v) is 3.04. The van der Waals surface area contributed by atoms with Gasteiger partial charge in [-0.3, -0.25) is 9.59 Å². The zero-order chi connectivity index (χ0) is 19.8. The maximum atomic E-state index is 12.5. The lowest BCUT2D eigenvalue weighted by Gasteiger charge is -2.31. The van der Waals surface area contributed by atoms with Crippen LogP contribution >= 0.6 is 0 Å². The maximum absolute atomic E-state index is 12.5. The molecule has 1 N–H and O–H groups in total. The molecule has 0 spiro atoms. The Labute approximate surface area is 162 Å². The Morgan fingerprint density at radius 2 is 1.89 bits per heavy atom. The van der Waals surface area contributed by atoms with E-state index < -0.39 is 0 Å². The van der Waals surface area contributed by atoms with E-state index in [1.165, 1.54) is 0 Å². The number of para-hydroxylation sites is 1. The number of hydrogen-bond acceptors (Lipinski definition) is 3. The van der Waals surface area contributed by atoms with Gasteiger partial charge in [-0.15, -0.1) is 0 Å². The molecule has 1 aromatic rings.